The molecule has 1 aromatic carbocycles. The Balaban J connectivity index is 1.63. The summed E-state index contributed by atoms with van der Waals surface area (Å²) >= 11 is 3.64. The number of nitrogens with one attached hydrogen (secondary N) is 1. The zero-order chi connectivity index (χ0) is 20.5. The molecule has 1 aliphatic rings. The number of rotatable bonds is 5. The van der Waals surface area contributed by atoms with Crippen LogP contribution in [0.15, 0.2) is 47.3 Å². The molecular weight excluding hydrogens is 437 g/mol. The molecule has 150 valence electrons. The summed E-state index contributed by atoms with van der Waals surface area (Å²) in [5.41, 5.74) is 3.40. The van der Waals surface area contributed by atoms with Crippen LogP contribution >= 0.6 is 15.9 Å². The van der Waals surface area contributed by atoms with Crippen LogP contribution in [0.2, 0.25) is 0 Å². The average molecular weight is 458 g/mol. The zero-order valence-corrected chi connectivity index (χ0v) is 17.8. The van der Waals surface area contributed by atoms with Crippen LogP contribution in [0.4, 0.5) is 10.3 Å². The smallest absolute Gasteiger partial charge is 0.254 e. The van der Waals surface area contributed by atoms with Crippen LogP contribution in [-0.2, 0) is 13.0 Å². The quantitative estimate of drug-likeness (QED) is 0.627. The lowest BCUT2D eigenvalue weighted by atomic mass is 9.95. The molecule has 0 bridgehead atoms. The van der Waals surface area contributed by atoms with E-state index in [-0.39, 0.29) is 17.8 Å². The van der Waals surface area contributed by atoms with E-state index in [2.05, 4.69) is 37.3 Å². The summed E-state index contributed by atoms with van der Waals surface area (Å²) in [6.07, 6.45) is 5.58. The molecular formula is C21H21BrFN5O. The molecule has 0 spiro atoms. The molecule has 0 fully saturated rings. The highest BCUT2D eigenvalue weighted by Gasteiger charge is 2.30. The van der Waals surface area contributed by atoms with Crippen LogP contribution in [0.25, 0.3) is 0 Å². The van der Waals surface area contributed by atoms with E-state index in [4.69, 9.17) is 0 Å². The van der Waals surface area contributed by atoms with E-state index in [0.717, 1.165) is 28.0 Å². The predicted molar refractivity (Wildman–Crippen MR) is 112 cm³/mol. The molecule has 1 atom stereocenters. The SMILES string of the molecule is CNc1nccn1Cc1cc(Br)c2c(c1)C(=O)N(C(C)c1ccc(F)cn1)CC2. The molecule has 3 heterocycles. The fraction of sp³-hybridized carbons (Fsp3) is 0.286. The fourth-order valence-corrected chi connectivity index (χ4v) is 4.45. The van der Waals surface area contributed by atoms with E-state index in [9.17, 15) is 9.18 Å². The number of carbonyl (C=O) groups excluding carboxylic acids is 1. The molecule has 1 amide bonds. The number of carbonyl (C=O) groups is 1. The third kappa shape index (κ3) is 3.76. The summed E-state index contributed by atoms with van der Waals surface area (Å²) in [6, 6.07) is 6.79. The van der Waals surface area contributed by atoms with Crippen molar-refractivity contribution in [1.29, 1.82) is 0 Å². The van der Waals surface area contributed by atoms with Gasteiger partial charge in [-0.25, -0.2) is 9.37 Å². The largest absolute Gasteiger partial charge is 0.359 e. The van der Waals surface area contributed by atoms with Crippen LogP contribution in [0, 0.1) is 5.82 Å². The molecule has 6 nitrogen and oxygen atoms in total. The van der Waals surface area contributed by atoms with E-state index in [0.29, 0.717) is 24.3 Å². The molecule has 0 aliphatic carbocycles. The van der Waals surface area contributed by atoms with Gasteiger partial charge in [0.1, 0.15) is 5.82 Å². The number of hydrogen-bond donors (Lipinski definition) is 1. The first-order valence-corrected chi connectivity index (χ1v) is 10.2. The van der Waals surface area contributed by atoms with Gasteiger partial charge in [-0.3, -0.25) is 9.78 Å². The van der Waals surface area contributed by atoms with Gasteiger partial charge in [0.25, 0.3) is 5.91 Å². The molecule has 1 N–H and O–H groups in total. The number of aromatic nitrogens is 3. The highest BCUT2D eigenvalue weighted by atomic mass is 79.9. The van der Waals surface area contributed by atoms with Gasteiger partial charge in [-0.05, 0) is 48.7 Å². The van der Waals surface area contributed by atoms with Crippen LogP contribution < -0.4 is 5.32 Å². The third-order valence-corrected chi connectivity index (χ3v) is 5.99. The van der Waals surface area contributed by atoms with Gasteiger partial charge in [0, 0.05) is 36.0 Å². The minimum absolute atomic E-state index is 0.0353. The second-order valence-electron chi connectivity index (χ2n) is 7.06. The Kier molecular flexibility index (Phi) is 5.36. The number of halogens is 2. The lowest BCUT2D eigenvalue weighted by Crippen LogP contribution is -2.40. The maximum Gasteiger partial charge on any atom is 0.254 e. The van der Waals surface area contributed by atoms with Crippen LogP contribution in [0.5, 0.6) is 0 Å². The van der Waals surface area contributed by atoms with Crippen molar-refractivity contribution >= 4 is 27.8 Å². The number of anilines is 1. The second kappa shape index (κ2) is 7.94. The van der Waals surface area contributed by atoms with Gasteiger partial charge in [-0.2, -0.15) is 0 Å². The van der Waals surface area contributed by atoms with Gasteiger partial charge in [0.15, 0.2) is 0 Å². The van der Waals surface area contributed by atoms with Crippen molar-refractivity contribution in [3.05, 3.63) is 75.5 Å². The number of imidazole rings is 1. The predicted octanol–water partition coefficient (Wildman–Crippen LogP) is 4.03. The van der Waals surface area contributed by atoms with Gasteiger partial charge < -0.3 is 14.8 Å². The Hall–Kier alpha value is -2.74. The number of hydrogen-bond acceptors (Lipinski definition) is 4. The molecule has 0 radical (unpaired) electrons. The monoisotopic (exact) mass is 457 g/mol. The van der Waals surface area contributed by atoms with Crippen molar-refractivity contribution in [2.45, 2.75) is 25.9 Å². The summed E-state index contributed by atoms with van der Waals surface area (Å²) in [6.45, 7) is 3.12. The number of amides is 1. The van der Waals surface area contributed by atoms with Crippen molar-refractivity contribution < 1.29 is 9.18 Å². The first-order valence-electron chi connectivity index (χ1n) is 9.40. The number of benzene rings is 1. The fourth-order valence-electron chi connectivity index (χ4n) is 3.74. The average Bonchev–Trinajstić information content (AvgIpc) is 3.16. The van der Waals surface area contributed by atoms with E-state index < -0.39 is 0 Å². The Labute approximate surface area is 176 Å². The van der Waals surface area contributed by atoms with E-state index >= 15 is 0 Å². The van der Waals surface area contributed by atoms with E-state index in [1.807, 2.05) is 30.8 Å². The highest BCUT2D eigenvalue weighted by molar-refractivity contribution is 9.10. The Morgan fingerprint density at radius 1 is 1.31 bits per heavy atom. The summed E-state index contributed by atoms with van der Waals surface area (Å²) in [4.78, 5) is 23.5. The summed E-state index contributed by atoms with van der Waals surface area (Å²) < 4.78 is 16.1. The zero-order valence-electron chi connectivity index (χ0n) is 16.2. The second-order valence-corrected chi connectivity index (χ2v) is 7.91. The molecule has 2 aromatic heterocycles. The Bertz CT molecular complexity index is 1050. The van der Waals surface area contributed by atoms with Crippen molar-refractivity contribution in [1.82, 2.24) is 19.4 Å². The van der Waals surface area contributed by atoms with Crippen molar-refractivity contribution in [3.63, 3.8) is 0 Å². The Morgan fingerprint density at radius 3 is 2.86 bits per heavy atom. The standard InChI is InChI=1S/C21H21BrFN5O/c1-13(19-4-3-15(23)11-26-19)28-7-5-16-17(20(28)29)9-14(10-18(16)22)12-27-8-6-25-21(27)24-2/h3-4,6,8-11,13H,5,7,12H2,1-2H3,(H,24,25). The minimum Gasteiger partial charge on any atom is -0.359 e. The van der Waals surface area contributed by atoms with E-state index in [1.54, 1.807) is 17.2 Å². The number of nitrogens with zero attached hydrogens (tertiary/aromatic N) is 4. The molecule has 1 aliphatic heterocycles. The minimum atomic E-state index is -0.384. The molecule has 0 saturated carbocycles. The summed E-state index contributed by atoms with van der Waals surface area (Å²) in [5.74, 6) is 0.347. The van der Waals surface area contributed by atoms with Gasteiger partial charge in [0.05, 0.1) is 24.5 Å². The normalized spacial score (nSPS) is 14.6. The maximum absolute atomic E-state index is 13.3. The van der Waals surface area contributed by atoms with Gasteiger partial charge in [0.2, 0.25) is 5.95 Å². The maximum atomic E-state index is 13.3. The number of pyridine rings is 1. The molecule has 8 heteroatoms. The van der Waals surface area contributed by atoms with Crippen LogP contribution in [-0.4, -0.2) is 38.9 Å². The highest BCUT2D eigenvalue weighted by Crippen LogP contribution is 2.32. The topological polar surface area (TPSA) is 63.1 Å². The lowest BCUT2D eigenvalue weighted by molar-refractivity contribution is 0.0668. The van der Waals surface area contributed by atoms with Gasteiger partial charge >= 0.3 is 0 Å². The summed E-state index contributed by atoms with van der Waals surface area (Å²) in [7, 11) is 1.83. The van der Waals surface area contributed by atoms with Crippen LogP contribution in [0.3, 0.4) is 0 Å². The number of fused-ring (bicyclic) bond motifs is 1. The molecule has 3 aromatic rings. The molecule has 4 rings (SSSR count). The van der Waals surface area contributed by atoms with Gasteiger partial charge in [-0.1, -0.05) is 15.9 Å². The lowest BCUT2D eigenvalue weighted by Gasteiger charge is -2.34. The van der Waals surface area contributed by atoms with Crippen molar-refractivity contribution in [3.8, 4) is 0 Å². The van der Waals surface area contributed by atoms with Crippen molar-refractivity contribution in [2.24, 2.45) is 0 Å². The van der Waals surface area contributed by atoms with Crippen LogP contribution in [0.1, 0.15) is 40.1 Å². The third-order valence-electron chi connectivity index (χ3n) is 5.29. The van der Waals surface area contributed by atoms with Gasteiger partial charge in [-0.15, -0.1) is 0 Å². The van der Waals surface area contributed by atoms with Crippen molar-refractivity contribution in [2.75, 3.05) is 18.9 Å². The first-order chi connectivity index (χ1) is 14.0. The van der Waals surface area contributed by atoms with E-state index in [1.165, 1.54) is 12.3 Å². The molecule has 0 saturated heterocycles. The summed E-state index contributed by atoms with van der Waals surface area (Å²) in [5, 5.41) is 3.06. The molecule has 29 heavy (non-hydrogen) atoms. The Morgan fingerprint density at radius 2 is 2.14 bits per heavy atom. The molecule has 1 unspecified atom stereocenters. The first kappa shape index (κ1) is 19.6.